The fourth-order valence-electron chi connectivity index (χ4n) is 3.10. The summed E-state index contributed by atoms with van der Waals surface area (Å²) in [4.78, 5) is 10.8. The normalized spacial score (nSPS) is 12.6. The van der Waals surface area contributed by atoms with Gasteiger partial charge in [0.25, 0.3) is 0 Å². The Kier molecular flexibility index (Phi) is 5.07. The summed E-state index contributed by atoms with van der Waals surface area (Å²) in [7, 11) is 0. The maximum Gasteiger partial charge on any atom is 0.320 e. The maximum absolute atomic E-state index is 10.8. The molecule has 0 unspecified atom stereocenters. The molecule has 0 radical (unpaired) electrons. The molecule has 0 aliphatic heterocycles. The van der Waals surface area contributed by atoms with E-state index in [-0.39, 0.29) is 0 Å². The molecule has 3 nitrogen and oxygen atoms in total. The Hall–Kier alpha value is -2.04. The van der Waals surface area contributed by atoms with Gasteiger partial charge < -0.3 is 10.8 Å². The van der Waals surface area contributed by atoms with Gasteiger partial charge in [0.05, 0.1) is 0 Å². The minimum atomic E-state index is -0.929. The van der Waals surface area contributed by atoms with E-state index in [4.69, 9.17) is 10.8 Å². The maximum atomic E-state index is 10.8. The van der Waals surface area contributed by atoms with Crippen molar-refractivity contribution in [3.05, 3.63) is 59.7 Å². The molecule has 24 heavy (non-hydrogen) atoms. The first-order valence-corrected chi connectivity index (χ1v) is 9.20. The summed E-state index contributed by atoms with van der Waals surface area (Å²) in [5, 5.41) is 14.0. The number of carboxylic acid groups (broad SMARTS) is 1. The van der Waals surface area contributed by atoms with Crippen molar-refractivity contribution in [2.24, 2.45) is 5.73 Å². The molecular formula is C20H21NO2S. The first-order chi connectivity index (χ1) is 11.6. The number of hydrogen-bond donors (Lipinski definition) is 2. The number of thioether (sulfide) groups is 1. The van der Waals surface area contributed by atoms with Gasteiger partial charge in [0.15, 0.2) is 0 Å². The lowest BCUT2D eigenvalue weighted by Gasteiger charge is -2.15. The zero-order valence-electron chi connectivity index (χ0n) is 13.7. The molecule has 0 heterocycles. The monoisotopic (exact) mass is 339 g/mol. The highest BCUT2D eigenvalue weighted by Gasteiger charge is 2.13. The average molecular weight is 339 g/mol. The lowest BCUT2D eigenvalue weighted by molar-refractivity contribution is -0.138. The summed E-state index contributed by atoms with van der Waals surface area (Å²) in [6.07, 6.45) is 0.488. The Labute approximate surface area is 145 Å². The van der Waals surface area contributed by atoms with Crippen LogP contribution < -0.4 is 5.73 Å². The molecular weight excluding hydrogens is 318 g/mol. The fourth-order valence-corrected chi connectivity index (χ4v) is 4.18. The molecule has 0 aromatic heterocycles. The Morgan fingerprint density at radius 3 is 2.04 bits per heavy atom. The second kappa shape index (κ2) is 7.24. The van der Waals surface area contributed by atoms with Crippen LogP contribution in [0.4, 0.5) is 0 Å². The molecule has 3 aromatic rings. The van der Waals surface area contributed by atoms with Crippen LogP contribution in [-0.2, 0) is 10.5 Å². The van der Waals surface area contributed by atoms with Gasteiger partial charge in [-0.15, -0.1) is 0 Å². The van der Waals surface area contributed by atoms with Crippen LogP contribution in [0.3, 0.4) is 0 Å². The topological polar surface area (TPSA) is 63.3 Å². The van der Waals surface area contributed by atoms with Crippen LogP contribution in [0.25, 0.3) is 21.5 Å². The molecule has 0 fully saturated rings. The summed E-state index contributed by atoms with van der Waals surface area (Å²) in [6.45, 7) is 2.17. The molecule has 4 heteroatoms. The Morgan fingerprint density at radius 1 is 1.04 bits per heavy atom. The highest BCUT2D eigenvalue weighted by molar-refractivity contribution is 7.98. The third-order valence-electron chi connectivity index (χ3n) is 4.45. The third-order valence-corrected chi connectivity index (χ3v) is 5.47. The van der Waals surface area contributed by atoms with Gasteiger partial charge in [0, 0.05) is 5.75 Å². The molecule has 1 atom stereocenters. The van der Waals surface area contributed by atoms with Crippen molar-refractivity contribution < 1.29 is 9.90 Å². The van der Waals surface area contributed by atoms with E-state index in [1.807, 2.05) is 0 Å². The first-order valence-electron chi connectivity index (χ1n) is 8.04. The van der Waals surface area contributed by atoms with Crippen LogP contribution in [-0.4, -0.2) is 22.9 Å². The van der Waals surface area contributed by atoms with E-state index in [1.54, 1.807) is 11.8 Å². The molecule has 3 N–H and O–H groups in total. The molecule has 3 rings (SSSR count). The summed E-state index contributed by atoms with van der Waals surface area (Å²) < 4.78 is 0. The van der Waals surface area contributed by atoms with E-state index in [1.165, 1.54) is 32.7 Å². The van der Waals surface area contributed by atoms with Crippen LogP contribution in [0.15, 0.2) is 48.5 Å². The number of carboxylic acids is 1. The summed E-state index contributed by atoms with van der Waals surface area (Å²) in [5.41, 5.74) is 8.21. The van der Waals surface area contributed by atoms with Gasteiger partial charge in [0.1, 0.15) is 6.04 Å². The van der Waals surface area contributed by atoms with Crippen molar-refractivity contribution in [2.45, 2.75) is 25.1 Å². The second-order valence-corrected chi connectivity index (χ2v) is 7.09. The van der Waals surface area contributed by atoms with Gasteiger partial charge in [0.2, 0.25) is 0 Å². The number of rotatable bonds is 6. The molecule has 124 valence electrons. The highest BCUT2D eigenvalue weighted by atomic mass is 32.2. The zero-order valence-corrected chi connectivity index (χ0v) is 14.5. The predicted octanol–water partition coefficient (Wildman–Crippen LogP) is 4.34. The number of aryl methyl sites for hydroxylation is 1. The lowest BCUT2D eigenvalue weighted by Crippen LogP contribution is -2.30. The number of nitrogens with two attached hydrogens (primary N) is 1. The van der Waals surface area contributed by atoms with Gasteiger partial charge in [-0.2, -0.15) is 11.8 Å². The third kappa shape index (κ3) is 3.25. The molecule has 0 aliphatic rings. The molecule has 0 aliphatic carbocycles. The Morgan fingerprint density at radius 2 is 1.54 bits per heavy atom. The van der Waals surface area contributed by atoms with Crippen molar-refractivity contribution in [3.8, 4) is 0 Å². The molecule has 0 saturated heterocycles. The molecule has 0 spiro atoms. The van der Waals surface area contributed by atoms with E-state index in [0.717, 1.165) is 11.5 Å². The highest BCUT2D eigenvalue weighted by Crippen LogP contribution is 2.34. The van der Waals surface area contributed by atoms with Crippen LogP contribution in [0.1, 0.15) is 17.5 Å². The second-order valence-electron chi connectivity index (χ2n) is 5.98. The summed E-state index contributed by atoms with van der Waals surface area (Å²) >= 11 is 1.74. The fraction of sp³-hybridized carbons (Fsp3) is 0.250. The summed E-state index contributed by atoms with van der Waals surface area (Å²) in [6, 6.07) is 16.2. The van der Waals surface area contributed by atoms with Gasteiger partial charge in [-0.1, -0.05) is 48.5 Å². The first kappa shape index (κ1) is 16.8. The van der Waals surface area contributed by atoms with Crippen molar-refractivity contribution in [1.82, 2.24) is 0 Å². The summed E-state index contributed by atoms with van der Waals surface area (Å²) in [5.74, 6) is 0.666. The van der Waals surface area contributed by atoms with Gasteiger partial charge >= 0.3 is 5.97 Å². The van der Waals surface area contributed by atoms with Crippen LogP contribution in [0, 0.1) is 6.92 Å². The standard InChI is InChI=1S/C20H21NO2S/c1-13-14-6-2-4-8-16(14)18(17-9-5-3-7-15(13)17)12-24-11-10-19(21)20(22)23/h2-9,19H,10-12,21H2,1H3,(H,22,23)/t19-/m0/s1. The average Bonchev–Trinajstić information content (AvgIpc) is 2.60. The van der Waals surface area contributed by atoms with Crippen LogP contribution >= 0.6 is 11.8 Å². The number of aliphatic carboxylic acids is 1. The number of benzene rings is 3. The molecule has 0 amide bonds. The lowest BCUT2D eigenvalue weighted by atomic mass is 9.93. The minimum absolute atomic E-state index is 0.488. The number of fused-ring (bicyclic) bond motifs is 2. The van der Waals surface area contributed by atoms with E-state index in [0.29, 0.717) is 6.42 Å². The quantitative estimate of drug-likeness (QED) is 0.518. The van der Waals surface area contributed by atoms with Gasteiger partial charge in [-0.05, 0) is 51.8 Å². The largest absolute Gasteiger partial charge is 0.480 e. The van der Waals surface area contributed by atoms with Crippen LogP contribution in [0.5, 0.6) is 0 Å². The van der Waals surface area contributed by atoms with E-state index < -0.39 is 12.0 Å². The number of hydrogen-bond acceptors (Lipinski definition) is 3. The molecule has 0 bridgehead atoms. The van der Waals surface area contributed by atoms with E-state index >= 15 is 0 Å². The van der Waals surface area contributed by atoms with Crippen molar-refractivity contribution in [3.63, 3.8) is 0 Å². The number of carbonyl (C=O) groups is 1. The van der Waals surface area contributed by atoms with Crippen molar-refractivity contribution in [2.75, 3.05) is 5.75 Å². The smallest absolute Gasteiger partial charge is 0.320 e. The van der Waals surface area contributed by atoms with E-state index in [2.05, 4.69) is 55.5 Å². The van der Waals surface area contributed by atoms with Gasteiger partial charge in [-0.25, -0.2) is 0 Å². The van der Waals surface area contributed by atoms with Gasteiger partial charge in [-0.3, -0.25) is 4.79 Å². The van der Waals surface area contributed by atoms with Crippen molar-refractivity contribution >= 4 is 39.3 Å². The minimum Gasteiger partial charge on any atom is -0.480 e. The zero-order chi connectivity index (χ0) is 17.1. The SMILES string of the molecule is Cc1c2ccccc2c(CSCC[C@H](N)C(=O)O)c2ccccc12. The molecule has 3 aromatic carbocycles. The Bertz CT molecular complexity index is 834. The predicted molar refractivity (Wildman–Crippen MR) is 103 cm³/mol. The van der Waals surface area contributed by atoms with Crippen LogP contribution in [0.2, 0.25) is 0 Å². The molecule has 0 saturated carbocycles. The van der Waals surface area contributed by atoms with Crippen molar-refractivity contribution in [1.29, 1.82) is 0 Å². The van der Waals surface area contributed by atoms with E-state index in [9.17, 15) is 4.79 Å². The Balaban J connectivity index is 1.93.